The largest absolute Gasteiger partial charge is 0.454 e. The van der Waals surface area contributed by atoms with Gasteiger partial charge in [-0.2, -0.15) is 0 Å². The monoisotopic (exact) mass is 330 g/mol. The third-order valence-corrected chi connectivity index (χ3v) is 3.98. The van der Waals surface area contributed by atoms with Crippen LogP contribution in [0.15, 0.2) is 12.2 Å². The van der Waals surface area contributed by atoms with Crippen molar-refractivity contribution in [3.05, 3.63) is 12.2 Å². The fraction of sp³-hybridized carbons (Fsp3) is 0.842. The summed E-state index contributed by atoms with van der Waals surface area (Å²) in [7, 11) is 0. The van der Waals surface area contributed by atoms with Crippen molar-refractivity contribution in [2.45, 2.75) is 96.8 Å². The fourth-order valence-corrected chi connectivity index (χ4v) is 2.58. The molecule has 0 spiro atoms. The van der Waals surface area contributed by atoms with Gasteiger partial charge in [-0.1, -0.05) is 76.9 Å². The fourth-order valence-electron chi connectivity index (χ4n) is 2.50. The molecule has 0 aliphatic carbocycles. The van der Waals surface area contributed by atoms with Gasteiger partial charge in [0.15, 0.2) is 0 Å². The minimum atomic E-state index is -0.687. The van der Waals surface area contributed by atoms with E-state index < -0.39 is 5.43 Å². The van der Waals surface area contributed by atoms with E-state index >= 15 is 0 Å². The second-order valence-corrected chi connectivity index (χ2v) is 6.33. The van der Waals surface area contributed by atoms with Crippen LogP contribution in [0, 0.1) is 0 Å². The summed E-state index contributed by atoms with van der Waals surface area (Å²) in [5.41, 5.74) is -0.687. The van der Waals surface area contributed by atoms with Gasteiger partial charge in [0, 0.05) is 11.6 Å². The number of hydrogen-bond acceptors (Lipinski definition) is 2. The molecular weight excluding hydrogens is 296 g/mol. The van der Waals surface area contributed by atoms with Crippen molar-refractivity contribution < 1.29 is 9.53 Å². The lowest BCUT2D eigenvalue weighted by Crippen LogP contribution is -1.96. The summed E-state index contributed by atoms with van der Waals surface area (Å²) in [6, 6.07) is 0. The molecule has 3 heteroatoms. The van der Waals surface area contributed by atoms with Gasteiger partial charge in [-0.25, -0.2) is 4.79 Å². The first kappa shape index (κ1) is 21.5. The molecule has 0 bridgehead atoms. The number of unbranched alkanes of at least 4 members (excludes halogenated alkanes) is 12. The minimum absolute atomic E-state index is 0.462. The molecule has 0 unspecified atom stereocenters. The molecule has 0 amide bonds. The molecule has 2 nitrogen and oxygen atoms in total. The lowest BCUT2D eigenvalue weighted by Gasteiger charge is -2.01. The van der Waals surface area contributed by atoms with Gasteiger partial charge in [0.1, 0.15) is 0 Å². The Morgan fingerprint density at radius 2 is 1.23 bits per heavy atom. The van der Waals surface area contributed by atoms with E-state index in [1.165, 1.54) is 77.0 Å². The normalized spacial score (nSPS) is 11.2. The Bertz CT molecular complexity index is 264. The molecule has 0 aromatic rings. The molecular formula is C19H35ClO2. The van der Waals surface area contributed by atoms with E-state index in [1.54, 1.807) is 0 Å². The Labute approximate surface area is 142 Å². The van der Waals surface area contributed by atoms with Crippen LogP contribution < -0.4 is 0 Å². The molecule has 0 saturated carbocycles. The van der Waals surface area contributed by atoms with E-state index in [9.17, 15) is 4.79 Å². The van der Waals surface area contributed by atoms with Crippen LogP contribution in [-0.4, -0.2) is 12.0 Å². The highest BCUT2D eigenvalue weighted by Crippen LogP contribution is 2.10. The number of carbonyl (C=O) groups is 1. The molecule has 0 saturated heterocycles. The molecule has 0 N–H and O–H groups in total. The maximum Gasteiger partial charge on any atom is 0.403 e. The van der Waals surface area contributed by atoms with Crippen LogP contribution in [0.2, 0.25) is 0 Å². The van der Waals surface area contributed by atoms with Gasteiger partial charge >= 0.3 is 5.43 Å². The van der Waals surface area contributed by atoms with E-state index in [4.69, 9.17) is 11.6 Å². The van der Waals surface area contributed by atoms with Gasteiger partial charge in [0.05, 0.1) is 6.61 Å². The van der Waals surface area contributed by atoms with Crippen LogP contribution in [0.1, 0.15) is 96.8 Å². The maximum atomic E-state index is 10.3. The van der Waals surface area contributed by atoms with E-state index in [0.717, 1.165) is 12.8 Å². The average Bonchev–Trinajstić information content (AvgIpc) is 2.50. The van der Waals surface area contributed by atoms with Crippen LogP contribution in [-0.2, 0) is 4.74 Å². The maximum absolute atomic E-state index is 10.3. The summed E-state index contributed by atoms with van der Waals surface area (Å²) >= 11 is 5.08. The van der Waals surface area contributed by atoms with E-state index in [1.807, 2.05) is 0 Å². The van der Waals surface area contributed by atoms with E-state index in [2.05, 4.69) is 23.8 Å². The number of allylic oxidation sites excluding steroid dienone is 2. The predicted molar refractivity (Wildman–Crippen MR) is 96.7 cm³/mol. The van der Waals surface area contributed by atoms with E-state index in [0.29, 0.717) is 6.61 Å². The summed E-state index contributed by atoms with van der Waals surface area (Å²) in [6.45, 7) is 2.73. The summed E-state index contributed by atoms with van der Waals surface area (Å²) < 4.78 is 4.68. The Hall–Kier alpha value is -0.500. The molecule has 22 heavy (non-hydrogen) atoms. The third-order valence-electron chi connectivity index (χ3n) is 3.87. The Kier molecular flexibility index (Phi) is 18.1. The highest BCUT2D eigenvalue weighted by atomic mass is 35.5. The van der Waals surface area contributed by atoms with Crippen molar-refractivity contribution >= 4 is 17.0 Å². The molecule has 0 aliphatic heterocycles. The van der Waals surface area contributed by atoms with Crippen molar-refractivity contribution in [3.8, 4) is 0 Å². The quantitative estimate of drug-likeness (QED) is 0.167. The number of carbonyl (C=O) groups excluding carboxylic acids is 1. The number of hydrogen-bond donors (Lipinski definition) is 0. The first-order valence-corrected chi connectivity index (χ1v) is 9.62. The van der Waals surface area contributed by atoms with Crippen LogP contribution in [0.4, 0.5) is 4.79 Å². The Balaban J connectivity index is 3.06. The highest BCUT2D eigenvalue weighted by molar-refractivity contribution is 6.61. The summed E-state index contributed by atoms with van der Waals surface area (Å²) in [5, 5.41) is 0. The van der Waals surface area contributed by atoms with Gasteiger partial charge in [-0.3, -0.25) is 0 Å². The van der Waals surface area contributed by atoms with Crippen LogP contribution >= 0.6 is 11.6 Å². The van der Waals surface area contributed by atoms with Crippen molar-refractivity contribution in [3.63, 3.8) is 0 Å². The molecule has 0 fully saturated rings. The summed E-state index contributed by atoms with van der Waals surface area (Å²) in [5.74, 6) is 0. The molecule has 0 aliphatic rings. The first-order valence-electron chi connectivity index (χ1n) is 9.24. The van der Waals surface area contributed by atoms with E-state index in [-0.39, 0.29) is 0 Å². The lowest BCUT2D eigenvalue weighted by atomic mass is 10.1. The summed E-state index contributed by atoms with van der Waals surface area (Å²) in [4.78, 5) is 10.3. The van der Waals surface area contributed by atoms with Crippen LogP contribution in [0.3, 0.4) is 0 Å². The predicted octanol–water partition coefficient (Wildman–Crippen LogP) is 7.40. The van der Waals surface area contributed by atoms with Gasteiger partial charge in [-0.15, -0.1) is 0 Å². The number of rotatable bonds is 16. The number of ether oxygens (including phenoxy) is 1. The Morgan fingerprint density at radius 3 is 1.73 bits per heavy atom. The minimum Gasteiger partial charge on any atom is -0.454 e. The number of halogens is 1. The molecule has 0 atom stereocenters. The molecule has 0 aromatic carbocycles. The zero-order valence-electron chi connectivity index (χ0n) is 14.5. The van der Waals surface area contributed by atoms with Gasteiger partial charge in [-0.05, 0) is 32.1 Å². The van der Waals surface area contributed by atoms with Crippen molar-refractivity contribution in [2.24, 2.45) is 0 Å². The second-order valence-electron chi connectivity index (χ2n) is 6.02. The van der Waals surface area contributed by atoms with Crippen molar-refractivity contribution in [1.29, 1.82) is 0 Å². The standard InChI is InChI=1S/C19H35ClO2/c1-2-3-4-5-6-7-8-9-10-11-12-13-14-15-16-17-18-22-19(20)21/h9-10H,2-8,11-18H2,1H3/b10-9+. The molecule has 0 heterocycles. The van der Waals surface area contributed by atoms with Crippen molar-refractivity contribution in [2.75, 3.05) is 6.61 Å². The van der Waals surface area contributed by atoms with Gasteiger partial charge < -0.3 is 4.74 Å². The van der Waals surface area contributed by atoms with Gasteiger partial charge in [0.25, 0.3) is 0 Å². The second kappa shape index (κ2) is 18.5. The van der Waals surface area contributed by atoms with Crippen molar-refractivity contribution in [1.82, 2.24) is 0 Å². The molecule has 0 rings (SSSR count). The lowest BCUT2D eigenvalue weighted by molar-refractivity contribution is 0.170. The zero-order valence-corrected chi connectivity index (χ0v) is 15.2. The first-order chi connectivity index (χ1) is 10.8. The van der Waals surface area contributed by atoms with Crippen LogP contribution in [0.25, 0.3) is 0 Å². The smallest absolute Gasteiger partial charge is 0.403 e. The Morgan fingerprint density at radius 1 is 0.773 bits per heavy atom. The molecule has 130 valence electrons. The molecule has 0 aromatic heterocycles. The highest BCUT2D eigenvalue weighted by Gasteiger charge is 1.95. The average molecular weight is 331 g/mol. The SMILES string of the molecule is CCCCCCCC/C=C/CCCCCCCCOC(=O)Cl. The third kappa shape index (κ3) is 19.5. The summed E-state index contributed by atoms with van der Waals surface area (Å²) in [6.07, 6.45) is 22.6. The topological polar surface area (TPSA) is 26.3 Å². The molecule has 0 radical (unpaired) electrons. The van der Waals surface area contributed by atoms with Gasteiger partial charge in [0.2, 0.25) is 0 Å². The van der Waals surface area contributed by atoms with Crippen LogP contribution in [0.5, 0.6) is 0 Å². The zero-order chi connectivity index (χ0) is 16.3.